The van der Waals surface area contributed by atoms with E-state index >= 15 is 0 Å². The van der Waals surface area contributed by atoms with Crippen molar-refractivity contribution in [2.45, 2.75) is 32.9 Å². The van der Waals surface area contributed by atoms with Crippen LogP contribution in [0, 0.1) is 0 Å². The molecule has 0 spiro atoms. The number of nitrogens with zero attached hydrogens (tertiary/aromatic N) is 2. The van der Waals surface area contributed by atoms with Crippen LogP contribution in [0.2, 0.25) is 0 Å². The first-order valence-corrected chi connectivity index (χ1v) is 6.28. The second-order valence-corrected chi connectivity index (χ2v) is 5.25. The molecule has 0 aromatic carbocycles. The quantitative estimate of drug-likeness (QED) is 0.664. The summed E-state index contributed by atoms with van der Waals surface area (Å²) in [7, 11) is 0. The van der Waals surface area contributed by atoms with E-state index in [1.165, 1.54) is 10.9 Å². The van der Waals surface area contributed by atoms with E-state index in [-0.39, 0.29) is 12.5 Å². The van der Waals surface area contributed by atoms with Gasteiger partial charge in [-0.15, -0.1) is 0 Å². The molecule has 2 amide bonds. The highest BCUT2D eigenvalue weighted by molar-refractivity contribution is 5.75. The van der Waals surface area contributed by atoms with Gasteiger partial charge in [0.1, 0.15) is 12.1 Å². The average Bonchev–Trinajstić information content (AvgIpc) is 2.68. The molecular weight excluding hydrogens is 262 g/mol. The zero-order chi connectivity index (χ0) is 15.2. The molecule has 1 rings (SSSR count). The summed E-state index contributed by atoms with van der Waals surface area (Å²) in [6.07, 6.45) is 2.53. The smallest absolute Gasteiger partial charge is 0.407 e. The Morgan fingerprint density at radius 2 is 2.00 bits per heavy atom. The maximum atomic E-state index is 11.5. The molecule has 0 saturated carbocycles. The molecule has 0 bridgehead atoms. The van der Waals surface area contributed by atoms with Gasteiger partial charge in [0.2, 0.25) is 5.91 Å². The van der Waals surface area contributed by atoms with Gasteiger partial charge in [0.15, 0.2) is 0 Å². The van der Waals surface area contributed by atoms with Gasteiger partial charge in [0, 0.05) is 19.3 Å². The van der Waals surface area contributed by atoms with Crippen LogP contribution < -0.4 is 16.4 Å². The van der Waals surface area contributed by atoms with Crippen LogP contribution in [0.5, 0.6) is 0 Å². The number of carbonyl (C=O) groups excluding carboxylic acids is 2. The number of alkyl carbamates (subject to hydrolysis) is 1. The van der Waals surface area contributed by atoms with Crippen molar-refractivity contribution >= 4 is 17.7 Å². The first-order valence-electron chi connectivity index (χ1n) is 6.28. The first kappa shape index (κ1) is 15.8. The van der Waals surface area contributed by atoms with E-state index < -0.39 is 11.7 Å². The number of ether oxygens (including phenoxy) is 1. The maximum Gasteiger partial charge on any atom is 0.407 e. The Balaban J connectivity index is 2.15. The Bertz CT molecular complexity index is 464. The monoisotopic (exact) mass is 283 g/mol. The topological polar surface area (TPSA) is 111 Å². The highest BCUT2D eigenvalue weighted by atomic mass is 16.6. The summed E-state index contributed by atoms with van der Waals surface area (Å²) in [5.41, 5.74) is 5.45. The van der Waals surface area contributed by atoms with Crippen LogP contribution in [0.15, 0.2) is 12.4 Å². The lowest BCUT2D eigenvalue weighted by molar-refractivity contribution is -0.121. The van der Waals surface area contributed by atoms with Crippen molar-refractivity contribution in [3.8, 4) is 0 Å². The van der Waals surface area contributed by atoms with Gasteiger partial charge in [-0.2, -0.15) is 5.10 Å². The standard InChI is InChI=1S/C12H21N5O3/c1-12(2,3)20-11(19)15-5-4-14-10(18)8-17-7-9(13)6-16-17/h6-7H,4-5,8,13H2,1-3H3,(H,14,18)(H,15,19). The zero-order valence-corrected chi connectivity index (χ0v) is 12.0. The maximum absolute atomic E-state index is 11.5. The Labute approximate surface area is 117 Å². The summed E-state index contributed by atoms with van der Waals surface area (Å²) in [6, 6.07) is 0. The molecule has 1 heterocycles. The van der Waals surface area contributed by atoms with E-state index in [9.17, 15) is 9.59 Å². The molecule has 1 aromatic rings. The lowest BCUT2D eigenvalue weighted by Gasteiger charge is -2.19. The summed E-state index contributed by atoms with van der Waals surface area (Å²) >= 11 is 0. The number of nitrogens with one attached hydrogen (secondary N) is 2. The normalized spacial score (nSPS) is 10.9. The molecule has 0 fully saturated rings. The molecule has 112 valence electrons. The Morgan fingerprint density at radius 3 is 2.55 bits per heavy atom. The van der Waals surface area contributed by atoms with Gasteiger partial charge in [0.05, 0.1) is 11.9 Å². The number of anilines is 1. The fourth-order valence-corrected chi connectivity index (χ4v) is 1.35. The van der Waals surface area contributed by atoms with Crippen LogP contribution >= 0.6 is 0 Å². The molecule has 4 N–H and O–H groups in total. The van der Waals surface area contributed by atoms with Crippen LogP contribution in [0.4, 0.5) is 10.5 Å². The molecule has 0 aliphatic heterocycles. The van der Waals surface area contributed by atoms with E-state index in [0.717, 1.165) is 0 Å². The number of amides is 2. The number of hydrogen-bond donors (Lipinski definition) is 3. The molecule has 0 aliphatic rings. The predicted molar refractivity (Wildman–Crippen MR) is 73.9 cm³/mol. The lowest BCUT2D eigenvalue weighted by atomic mass is 10.2. The summed E-state index contributed by atoms with van der Waals surface area (Å²) < 4.78 is 6.49. The van der Waals surface area contributed by atoms with Crippen molar-refractivity contribution in [1.82, 2.24) is 20.4 Å². The summed E-state index contributed by atoms with van der Waals surface area (Å²) in [5, 5.41) is 9.09. The summed E-state index contributed by atoms with van der Waals surface area (Å²) in [6.45, 7) is 6.04. The summed E-state index contributed by atoms with van der Waals surface area (Å²) in [4.78, 5) is 22.9. The fourth-order valence-electron chi connectivity index (χ4n) is 1.35. The van der Waals surface area contributed by atoms with Gasteiger partial charge < -0.3 is 21.1 Å². The van der Waals surface area contributed by atoms with E-state index in [0.29, 0.717) is 18.8 Å². The molecule has 0 atom stereocenters. The van der Waals surface area contributed by atoms with Crippen LogP contribution in [-0.4, -0.2) is 40.5 Å². The molecule has 0 unspecified atom stereocenters. The summed E-state index contributed by atoms with van der Waals surface area (Å²) in [5.74, 6) is -0.209. The molecule has 0 aliphatic carbocycles. The van der Waals surface area contributed by atoms with Crippen molar-refractivity contribution in [2.75, 3.05) is 18.8 Å². The van der Waals surface area contributed by atoms with Gasteiger partial charge in [-0.05, 0) is 20.8 Å². The van der Waals surface area contributed by atoms with E-state index in [1.54, 1.807) is 27.0 Å². The number of carbonyl (C=O) groups is 2. The third kappa shape index (κ3) is 6.62. The van der Waals surface area contributed by atoms with Crippen molar-refractivity contribution in [3.63, 3.8) is 0 Å². The molecular formula is C12H21N5O3. The number of hydrogen-bond acceptors (Lipinski definition) is 5. The van der Waals surface area contributed by atoms with Gasteiger partial charge in [-0.3, -0.25) is 9.48 Å². The van der Waals surface area contributed by atoms with Crippen molar-refractivity contribution < 1.29 is 14.3 Å². The third-order valence-corrected chi connectivity index (χ3v) is 2.07. The van der Waals surface area contributed by atoms with Crippen LogP contribution in [0.3, 0.4) is 0 Å². The highest BCUT2D eigenvalue weighted by Crippen LogP contribution is 2.05. The van der Waals surface area contributed by atoms with Gasteiger partial charge in [0.25, 0.3) is 0 Å². The molecule has 0 saturated heterocycles. The van der Waals surface area contributed by atoms with Crippen LogP contribution in [-0.2, 0) is 16.1 Å². The molecule has 1 aromatic heterocycles. The SMILES string of the molecule is CC(C)(C)OC(=O)NCCNC(=O)Cn1cc(N)cn1. The second-order valence-electron chi connectivity index (χ2n) is 5.25. The number of rotatable bonds is 5. The Hall–Kier alpha value is -2.25. The number of aromatic nitrogens is 2. The molecule has 0 radical (unpaired) electrons. The first-order chi connectivity index (χ1) is 9.26. The van der Waals surface area contributed by atoms with Crippen molar-refractivity contribution in [3.05, 3.63) is 12.4 Å². The Kier molecular flexibility index (Phi) is 5.36. The van der Waals surface area contributed by atoms with Crippen molar-refractivity contribution in [2.24, 2.45) is 0 Å². The van der Waals surface area contributed by atoms with Gasteiger partial charge in [-0.1, -0.05) is 0 Å². The predicted octanol–water partition coefficient (Wildman–Crippen LogP) is 0.106. The molecule has 8 heteroatoms. The second kappa shape index (κ2) is 6.78. The van der Waals surface area contributed by atoms with Gasteiger partial charge >= 0.3 is 6.09 Å². The van der Waals surface area contributed by atoms with E-state index in [4.69, 9.17) is 10.5 Å². The van der Waals surface area contributed by atoms with E-state index in [1.807, 2.05) is 0 Å². The molecule has 20 heavy (non-hydrogen) atoms. The fraction of sp³-hybridized carbons (Fsp3) is 0.583. The van der Waals surface area contributed by atoms with Crippen LogP contribution in [0.1, 0.15) is 20.8 Å². The van der Waals surface area contributed by atoms with Crippen molar-refractivity contribution in [1.29, 1.82) is 0 Å². The largest absolute Gasteiger partial charge is 0.444 e. The zero-order valence-electron chi connectivity index (χ0n) is 12.0. The number of nitrogen functional groups attached to an aromatic ring is 1. The molecule has 8 nitrogen and oxygen atoms in total. The van der Waals surface area contributed by atoms with Gasteiger partial charge in [-0.25, -0.2) is 4.79 Å². The average molecular weight is 283 g/mol. The van der Waals surface area contributed by atoms with E-state index in [2.05, 4.69) is 15.7 Å². The highest BCUT2D eigenvalue weighted by Gasteiger charge is 2.15. The number of nitrogens with two attached hydrogens (primary N) is 1. The minimum absolute atomic E-state index is 0.0869. The minimum Gasteiger partial charge on any atom is -0.444 e. The minimum atomic E-state index is -0.534. The van der Waals surface area contributed by atoms with Crippen LogP contribution in [0.25, 0.3) is 0 Å². The lowest BCUT2D eigenvalue weighted by Crippen LogP contribution is -2.38. The third-order valence-electron chi connectivity index (χ3n) is 2.07. The Morgan fingerprint density at radius 1 is 1.35 bits per heavy atom.